The van der Waals surface area contributed by atoms with Gasteiger partial charge in [0.05, 0.1) is 19.7 Å². The number of hydrazone groups is 1. The molecule has 1 heterocycles. The predicted molar refractivity (Wildman–Crippen MR) is 78.4 cm³/mol. The molecule has 0 spiro atoms. The van der Waals surface area contributed by atoms with Gasteiger partial charge in [0.2, 0.25) is 11.0 Å². The Balaban J connectivity index is 1.94. The molecular formula is C12H13N5O3S. The largest absolute Gasteiger partial charge is 0.504 e. The number of ether oxygens (including phenoxy) is 1. The van der Waals surface area contributed by atoms with Crippen LogP contribution in [0.25, 0.3) is 0 Å². The Morgan fingerprint density at radius 2 is 2.38 bits per heavy atom. The molecule has 4 N–H and O–H groups in total. The zero-order valence-corrected chi connectivity index (χ0v) is 11.9. The average Bonchev–Trinajstić information content (AvgIpc) is 2.86. The molecule has 0 aliphatic carbocycles. The highest BCUT2D eigenvalue weighted by Crippen LogP contribution is 2.27. The molecule has 1 aromatic carbocycles. The summed E-state index contributed by atoms with van der Waals surface area (Å²) in [6.07, 6.45) is 1.36. The van der Waals surface area contributed by atoms with E-state index in [1.165, 1.54) is 13.3 Å². The van der Waals surface area contributed by atoms with Crippen LogP contribution in [0.3, 0.4) is 0 Å². The Labute approximate surface area is 124 Å². The summed E-state index contributed by atoms with van der Waals surface area (Å²) in [7, 11) is 1.45. The van der Waals surface area contributed by atoms with Gasteiger partial charge in [0.15, 0.2) is 11.5 Å². The Morgan fingerprint density at radius 3 is 3.05 bits per heavy atom. The average molecular weight is 307 g/mol. The third-order valence-corrected chi connectivity index (χ3v) is 3.19. The summed E-state index contributed by atoms with van der Waals surface area (Å²) in [5.74, 6) is -0.0747. The molecule has 21 heavy (non-hydrogen) atoms. The van der Waals surface area contributed by atoms with Crippen molar-refractivity contribution in [1.82, 2.24) is 15.6 Å². The van der Waals surface area contributed by atoms with E-state index in [0.29, 0.717) is 21.5 Å². The molecular weight excluding hydrogens is 294 g/mol. The first kappa shape index (κ1) is 14.7. The fourth-order valence-corrected chi connectivity index (χ4v) is 2.10. The molecule has 0 radical (unpaired) electrons. The summed E-state index contributed by atoms with van der Waals surface area (Å²) in [6, 6.07) is 4.95. The zero-order valence-electron chi connectivity index (χ0n) is 11.1. The van der Waals surface area contributed by atoms with E-state index in [1.54, 1.807) is 18.2 Å². The first-order valence-electron chi connectivity index (χ1n) is 5.86. The highest BCUT2D eigenvalue weighted by atomic mass is 32.1. The van der Waals surface area contributed by atoms with E-state index >= 15 is 0 Å². The van der Waals surface area contributed by atoms with Gasteiger partial charge in [-0.2, -0.15) is 5.10 Å². The summed E-state index contributed by atoms with van der Waals surface area (Å²) in [5, 5.41) is 21.8. The second-order valence-corrected chi connectivity index (χ2v) is 5.00. The predicted octanol–water partition coefficient (Wildman–Crippen LogP) is 0.527. The van der Waals surface area contributed by atoms with Gasteiger partial charge < -0.3 is 15.6 Å². The van der Waals surface area contributed by atoms with E-state index in [4.69, 9.17) is 10.5 Å². The number of hydrogen-bond acceptors (Lipinski definition) is 8. The maximum absolute atomic E-state index is 11.6. The molecule has 0 aliphatic rings. The van der Waals surface area contributed by atoms with Crippen molar-refractivity contribution in [3.8, 4) is 11.5 Å². The number of aromatic hydroxyl groups is 1. The minimum absolute atomic E-state index is 0.0380. The summed E-state index contributed by atoms with van der Waals surface area (Å²) in [4.78, 5) is 11.6. The number of anilines is 1. The van der Waals surface area contributed by atoms with Crippen molar-refractivity contribution < 1.29 is 14.6 Å². The van der Waals surface area contributed by atoms with Crippen LogP contribution in [-0.4, -0.2) is 34.5 Å². The highest BCUT2D eigenvalue weighted by molar-refractivity contribution is 7.15. The number of rotatable bonds is 5. The van der Waals surface area contributed by atoms with Crippen molar-refractivity contribution in [2.75, 3.05) is 12.8 Å². The van der Waals surface area contributed by atoms with Gasteiger partial charge in [-0.05, 0) is 12.1 Å². The number of amides is 1. The van der Waals surface area contributed by atoms with Crippen LogP contribution in [0.2, 0.25) is 0 Å². The van der Waals surface area contributed by atoms with E-state index in [9.17, 15) is 9.90 Å². The molecule has 0 unspecified atom stereocenters. The van der Waals surface area contributed by atoms with Crippen LogP contribution in [0, 0.1) is 0 Å². The molecule has 9 heteroatoms. The van der Waals surface area contributed by atoms with Crippen LogP contribution >= 0.6 is 11.3 Å². The lowest BCUT2D eigenvalue weighted by atomic mass is 10.2. The van der Waals surface area contributed by atoms with E-state index in [2.05, 4.69) is 20.7 Å². The van der Waals surface area contributed by atoms with E-state index in [1.807, 2.05) is 0 Å². The first-order valence-corrected chi connectivity index (χ1v) is 6.67. The molecule has 2 rings (SSSR count). The minimum Gasteiger partial charge on any atom is -0.504 e. The van der Waals surface area contributed by atoms with Gasteiger partial charge in [0.1, 0.15) is 5.01 Å². The van der Waals surface area contributed by atoms with Gasteiger partial charge >= 0.3 is 0 Å². The zero-order chi connectivity index (χ0) is 15.2. The number of carbonyl (C=O) groups is 1. The minimum atomic E-state index is -0.357. The van der Waals surface area contributed by atoms with E-state index < -0.39 is 0 Å². The van der Waals surface area contributed by atoms with Crippen LogP contribution in [0.4, 0.5) is 5.13 Å². The van der Waals surface area contributed by atoms with Crippen molar-refractivity contribution in [3.63, 3.8) is 0 Å². The molecule has 8 nitrogen and oxygen atoms in total. The fourth-order valence-electron chi connectivity index (χ4n) is 1.50. The number of phenolic OH excluding ortho intramolecular Hbond substituents is 1. The summed E-state index contributed by atoms with van der Waals surface area (Å²) >= 11 is 1.14. The lowest BCUT2D eigenvalue weighted by Crippen LogP contribution is -2.19. The lowest BCUT2D eigenvalue weighted by Gasteiger charge is -2.04. The Hall–Kier alpha value is -2.68. The molecule has 0 saturated heterocycles. The molecule has 110 valence electrons. The molecule has 2 aromatic rings. The van der Waals surface area contributed by atoms with Gasteiger partial charge in [-0.15, -0.1) is 10.2 Å². The molecule has 0 fully saturated rings. The van der Waals surface area contributed by atoms with Crippen LogP contribution in [0.15, 0.2) is 23.3 Å². The van der Waals surface area contributed by atoms with Crippen LogP contribution in [-0.2, 0) is 11.2 Å². The summed E-state index contributed by atoms with van der Waals surface area (Å²) in [6.45, 7) is 0. The molecule has 0 saturated carbocycles. The van der Waals surface area contributed by atoms with Gasteiger partial charge in [-0.1, -0.05) is 17.4 Å². The molecule has 0 aliphatic heterocycles. The SMILES string of the molecule is COc1cccc(/C=N\NC(=O)Cc2nnc(N)s2)c1O. The molecule has 1 aromatic heterocycles. The lowest BCUT2D eigenvalue weighted by molar-refractivity contribution is -0.120. The van der Waals surface area contributed by atoms with Gasteiger partial charge in [-0.3, -0.25) is 4.79 Å². The van der Waals surface area contributed by atoms with Gasteiger partial charge in [0, 0.05) is 5.56 Å². The maximum Gasteiger partial charge on any atom is 0.247 e. The number of nitrogen functional groups attached to an aromatic ring is 1. The topological polar surface area (TPSA) is 123 Å². The molecule has 0 bridgehead atoms. The standard InChI is InChI=1S/C12H13N5O3S/c1-20-8-4-2-3-7(11(8)19)6-14-15-9(18)5-10-16-17-12(13)21-10/h2-4,6,19H,5H2,1H3,(H2,13,17)(H,15,18)/b14-6-. The number of hydrogen-bond donors (Lipinski definition) is 3. The number of para-hydroxylation sites is 1. The van der Waals surface area contributed by atoms with Gasteiger partial charge in [-0.25, -0.2) is 5.43 Å². The second kappa shape index (κ2) is 6.66. The quantitative estimate of drug-likeness (QED) is 0.547. The number of phenols is 1. The number of nitrogens with zero attached hydrogens (tertiary/aromatic N) is 3. The van der Waals surface area contributed by atoms with Crippen molar-refractivity contribution in [3.05, 3.63) is 28.8 Å². The number of nitrogens with two attached hydrogens (primary N) is 1. The van der Waals surface area contributed by atoms with Crippen molar-refractivity contribution in [1.29, 1.82) is 0 Å². The number of aromatic nitrogens is 2. The van der Waals surface area contributed by atoms with E-state index in [-0.39, 0.29) is 18.1 Å². The number of carbonyl (C=O) groups excluding carboxylic acids is 1. The van der Waals surface area contributed by atoms with E-state index in [0.717, 1.165) is 11.3 Å². The van der Waals surface area contributed by atoms with Crippen LogP contribution < -0.4 is 15.9 Å². The van der Waals surface area contributed by atoms with Gasteiger partial charge in [0.25, 0.3) is 0 Å². The molecule has 1 amide bonds. The smallest absolute Gasteiger partial charge is 0.247 e. The Bertz CT molecular complexity index is 671. The summed E-state index contributed by atoms with van der Waals surface area (Å²) < 4.78 is 4.97. The normalized spacial score (nSPS) is 10.7. The van der Waals surface area contributed by atoms with Crippen molar-refractivity contribution >= 4 is 28.6 Å². The Morgan fingerprint density at radius 1 is 1.57 bits per heavy atom. The monoisotopic (exact) mass is 307 g/mol. The number of benzene rings is 1. The number of nitrogens with one attached hydrogen (secondary N) is 1. The Kier molecular flexibility index (Phi) is 4.67. The third-order valence-electron chi connectivity index (χ3n) is 2.44. The summed E-state index contributed by atoms with van der Waals surface area (Å²) in [5.41, 5.74) is 8.17. The maximum atomic E-state index is 11.6. The van der Waals surface area contributed by atoms with Crippen LogP contribution in [0.5, 0.6) is 11.5 Å². The second-order valence-electron chi connectivity index (χ2n) is 3.90. The fraction of sp³-hybridized carbons (Fsp3) is 0.167. The van der Waals surface area contributed by atoms with Crippen molar-refractivity contribution in [2.24, 2.45) is 5.10 Å². The number of methoxy groups -OCH3 is 1. The molecule has 0 atom stereocenters. The first-order chi connectivity index (χ1) is 10.1. The highest BCUT2D eigenvalue weighted by Gasteiger charge is 2.08. The third kappa shape index (κ3) is 3.89. The van der Waals surface area contributed by atoms with Crippen molar-refractivity contribution in [2.45, 2.75) is 6.42 Å². The van der Waals surface area contributed by atoms with Crippen LogP contribution in [0.1, 0.15) is 10.6 Å².